The first-order chi connectivity index (χ1) is 4.31. The Morgan fingerprint density at radius 2 is 2.33 bits per heavy atom. The van der Waals surface area contributed by atoms with E-state index in [1.807, 2.05) is 0 Å². The summed E-state index contributed by atoms with van der Waals surface area (Å²) >= 11 is 0. The van der Waals surface area contributed by atoms with E-state index in [1.54, 1.807) is 6.92 Å². The number of carbonyl (C=O) groups is 1. The van der Waals surface area contributed by atoms with Crippen LogP contribution in [0.25, 0.3) is 0 Å². The van der Waals surface area contributed by atoms with Gasteiger partial charge >= 0.3 is 12.4 Å². The molecule has 1 radical (unpaired) electrons. The third-order valence-electron chi connectivity index (χ3n) is 0.554. The summed E-state index contributed by atoms with van der Waals surface area (Å²) in [6.07, 6.45) is 0. The van der Waals surface area contributed by atoms with E-state index in [2.05, 4.69) is 9.47 Å². The van der Waals surface area contributed by atoms with Gasteiger partial charge in [-0.05, 0) is 6.92 Å². The minimum absolute atomic E-state index is 0.293. The molecule has 0 atom stereocenters. The zero-order valence-electron chi connectivity index (χ0n) is 5.05. The summed E-state index contributed by atoms with van der Waals surface area (Å²) in [5, 5.41) is 0. The fourth-order valence-corrected chi connectivity index (χ4v) is 0.291. The molecule has 51 valence electrons. The Balaban J connectivity index is 3.16. The molecule has 0 saturated carbocycles. The third kappa shape index (κ3) is 4.80. The van der Waals surface area contributed by atoms with Crippen LogP contribution in [0.5, 0.6) is 0 Å². The Morgan fingerprint density at radius 3 is 2.78 bits per heavy atom. The van der Waals surface area contributed by atoms with Crippen molar-refractivity contribution < 1.29 is 19.1 Å². The molecule has 0 aliphatic rings. The second kappa shape index (κ2) is 5.08. The van der Waals surface area contributed by atoms with Gasteiger partial charge in [0.1, 0.15) is 0 Å². The molecule has 0 aromatic rings. The van der Waals surface area contributed by atoms with Crippen molar-refractivity contribution in [2.75, 3.05) is 13.2 Å². The monoisotopic (exact) mass is 131 g/mol. The van der Waals surface area contributed by atoms with Crippen molar-refractivity contribution in [2.24, 2.45) is 0 Å². The van der Waals surface area contributed by atoms with E-state index in [-0.39, 0.29) is 6.61 Å². The van der Waals surface area contributed by atoms with Crippen LogP contribution in [0.4, 0.5) is 0 Å². The second-order valence-corrected chi connectivity index (χ2v) is 1.18. The normalized spacial score (nSPS) is 8.11. The molecular weight excluding hydrogens is 124 g/mol. The van der Waals surface area contributed by atoms with Crippen LogP contribution >= 0.6 is 0 Å². The van der Waals surface area contributed by atoms with Crippen molar-refractivity contribution >= 4 is 12.4 Å². The Hall–Kier alpha value is -1.06. The van der Waals surface area contributed by atoms with Gasteiger partial charge in [-0.2, -0.15) is 0 Å². The van der Waals surface area contributed by atoms with Gasteiger partial charge in [-0.15, -0.1) is 0 Å². The summed E-state index contributed by atoms with van der Waals surface area (Å²) < 4.78 is 8.37. The van der Waals surface area contributed by atoms with Crippen molar-refractivity contribution in [3.8, 4) is 0 Å². The third-order valence-corrected chi connectivity index (χ3v) is 0.554. The van der Waals surface area contributed by atoms with E-state index in [1.165, 1.54) is 0 Å². The number of hydrogen-bond donors (Lipinski definition) is 0. The minimum Gasteiger partial charge on any atom is -0.463 e. The lowest BCUT2D eigenvalue weighted by molar-refractivity contribution is -0.145. The number of carbonyl (C=O) groups excluding carboxylic acids is 2. The molecule has 0 rings (SSSR count). The summed E-state index contributed by atoms with van der Waals surface area (Å²) in [6.45, 7) is 2.72. The van der Waals surface area contributed by atoms with E-state index in [4.69, 9.17) is 0 Å². The summed E-state index contributed by atoms with van der Waals surface area (Å²) in [5.74, 6) is -0.555. The highest BCUT2D eigenvalue weighted by Crippen LogP contribution is 1.76. The lowest BCUT2D eigenvalue weighted by atomic mass is 10.7. The van der Waals surface area contributed by atoms with Crippen molar-refractivity contribution in [1.82, 2.24) is 0 Å². The smallest absolute Gasteiger partial charge is 0.418 e. The first-order valence-electron chi connectivity index (χ1n) is 2.45. The molecule has 0 saturated heterocycles. The molecule has 0 amide bonds. The topological polar surface area (TPSA) is 52.6 Å². The molecule has 0 unspecified atom stereocenters. The van der Waals surface area contributed by atoms with Crippen LogP contribution in [-0.2, 0) is 19.1 Å². The average molecular weight is 131 g/mol. The zero-order chi connectivity index (χ0) is 7.11. The predicted octanol–water partition coefficient (Wildman–Crippen LogP) is -0.367. The van der Waals surface area contributed by atoms with E-state index in [9.17, 15) is 9.59 Å². The molecule has 0 aromatic heterocycles. The highest BCUT2D eigenvalue weighted by molar-refractivity contribution is 5.71. The van der Waals surface area contributed by atoms with Crippen molar-refractivity contribution in [3.63, 3.8) is 0 Å². The number of ether oxygens (including phenoxy) is 2. The molecule has 0 aromatic carbocycles. The van der Waals surface area contributed by atoms with Gasteiger partial charge < -0.3 is 9.47 Å². The lowest BCUT2D eigenvalue weighted by Crippen LogP contribution is -2.11. The zero-order valence-corrected chi connectivity index (χ0v) is 5.05. The van der Waals surface area contributed by atoms with Gasteiger partial charge in [0.25, 0.3) is 0 Å². The van der Waals surface area contributed by atoms with Gasteiger partial charge in [0.05, 0.1) is 6.61 Å². The molecule has 0 aliphatic carbocycles. The first-order valence-corrected chi connectivity index (χ1v) is 2.45. The molecule has 9 heavy (non-hydrogen) atoms. The minimum atomic E-state index is -0.555. The van der Waals surface area contributed by atoms with E-state index < -0.39 is 5.97 Å². The van der Waals surface area contributed by atoms with Crippen molar-refractivity contribution in [2.45, 2.75) is 6.92 Å². The molecule has 4 nitrogen and oxygen atoms in total. The van der Waals surface area contributed by atoms with Crippen molar-refractivity contribution in [1.29, 1.82) is 0 Å². The summed E-state index contributed by atoms with van der Waals surface area (Å²) in [7, 11) is 0. The maximum Gasteiger partial charge on any atom is 0.418 e. The van der Waals surface area contributed by atoms with E-state index in [0.717, 1.165) is 6.47 Å². The maximum atomic E-state index is 10.3. The highest BCUT2D eigenvalue weighted by atomic mass is 16.6. The highest BCUT2D eigenvalue weighted by Gasteiger charge is 1.99. The van der Waals surface area contributed by atoms with Gasteiger partial charge in [-0.1, -0.05) is 0 Å². The molecule has 0 spiro atoms. The van der Waals surface area contributed by atoms with Crippen LogP contribution in [0.15, 0.2) is 0 Å². The standard InChI is InChI=1S/C5H7O4/c1-2-9-5(7)3-8-4-6/h2-3H2,1H3. The Labute approximate surface area is 52.7 Å². The molecule has 0 heterocycles. The molecule has 0 fully saturated rings. The molecule has 0 aliphatic heterocycles. The fourth-order valence-electron chi connectivity index (χ4n) is 0.291. The molecule has 4 heteroatoms. The SMILES string of the molecule is CCOC(=O)CO[C]=O. The van der Waals surface area contributed by atoms with Crippen LogP contribution in [0, 0.1) is 0 Å². The average Bonchev–Trinajstić information content (AvgIpc) is 1.85. The molecular formula is C5H7O4. The summed E-state index contributed by atoms with van der Waals surface area (Å²) in [5.41, 5.74) is 0. The van der Waals surface area contributed by atoms with Gasteiger partial charge in [0, 0.05) is 0 Å². The number of esters is 1. The van der Waals surface area contributed by atoms with Gasteiger partial charge in [0.15, 0.2) is 6.61 Å². The van der Waals surface area contributed by atoms with E-state index in [0.29, 0.717) is 6.61 Å². The largest absolute Gasteiger partial charge is 0.463 e. The van der Waals surface area contributed by atoms with Crippen LogP contribution in [-0.4, -0.2) is 25.7 Å². The van der Waals surface area contributed by atoms with Crippen LogP contribution < -0.4 is 0 Å². The van der Waals surface area contributed by atoms with Crippen molar-refractivity contribution in [3.05, 3.63) is 0 Å². The Bertz CT molecular complexity index is 99.1. The predicted molar refractivity (Wildman–Crippen MR) is 28.3 cm³/mol. The van der Waals surface area contributed by atoms with Gasteiger partial charge in [0.2, 0.25) is 0 Å². The van der Waals surface area contributed by atoms with Gasteiger partial charge in [-0.3, -0.25) is 0 Å². The quantitative estimate of drug-likeness (QED) is 0.488. The Morgan fingerprint density at radius 1 is 1.67 bits per heavy atom. The van der Waals surface area contributed by atoms with Crippen LogP contribution in [0.3, 0.4) is 0 Å². The summed E-state index contributed by atoms with van der Waals surface area (Å²) in [6, 6.07) is 0. The van der Waals surface area contributed by atoms with Crippen LogP contribution in [0.1, 0.15) is 6.92 Å². The molecule has 0 bridgehead atoms. The number of rotatable bonds is 4. The fraction of sp³-hybridized carbons (Fsp3) is 0.600. The summed E-state index contributed by atoms with van der Waals surface area (Å²) in [4.78, 5) is 19.6. The lowest BCUT2D eigenvalue weighted by Gasteiger charge is -1.96. The number of hydrogen-bond acceptors (Lipinski definition) is 4. The van der Waals surface area contributed by atoms with Gasteiger partial charge in [-0.25, -0.2) is 9.59 Å². The first kappa shape index (κ1) is 7.94. The van der Waals surface area contributed by atoms with Crippen LogP contribution in [0.2, 0.25) is 0 Å². The second-order valence-electron chi connectivity index (χ2n) is 1.18. The molecule has 0 N–H and O–H groups in total. The van der Waals surface area contributed by atoms with E-state index >= 15 is 0 Å². The maximum absolute atomic E-state index is 10.3. The Kier molecular flexibility index (Phi) is 4.49.